The van der Waals surface area contributed by atoms with Gasteiger partial charge in [-0.15, -0.1) is 0 Å². The number of hydrogen-bond acceptors (Lipinski definition) is 6. The molecule has 3 unspecified atom stereocenters. The number of nitrogens with zero attached hydrogens (tertiary/aromatic N) is 1. The van der Waals surface area contributed by atoms with Gasteiger partial charge in [-0.1, -0.05) is 6.08 Å². The Morgan fingerprint density at radius 3 is 2.28 bits per heavy atom. The molecule has 202 valence electrons. The number of amides is 3. The summed E-state index contributed by atoms with van der Waals surface area (Å²) in [6, 6.07) is -3.36. The molecule has 0 saturated carbocycles. The topological polar surface area (TPSA) is 143 Å². The van der Waals surface area contributed by atoms with Gasteiger partial charge in [0, 0.05) is 35.8 Å². The number of halogens is 6. The van der Waals surface area contributed by atoms with E-state index in [9.17, 15) is 40.7 Å². The molecule has 0 radical (unpaired) electrons. The maximum Gasteiger partial charge on any atom is 0.391 e. The molecule has 0 spiro atoms. The smallest absolute Gasteiger partial charge is 0.391 e. The normalized spacial score (nSPS) is 22.8. The van der Waals surface area contributed by atoms with Gasteiger partial charge in [-0.25, -0.2) is 13.2 Å². The highest BCUT2D eigenvalue weighted by Gasteiger charge is 2.45. The maximum atomic E-state index is 13.6. The van der Waals surface area contributed by atoms with Crippen molar-refractivity contribution in [3.05, 3.63) is 47.7 Å². The van der Waals surface area contributed by atoms with Crippen LogP contribution in [-0.2, 0) is 14.4 Å². The van der Waals surface area contributed by atoms with Crippen molar-refractivity contribution in [1.82, 2.24) is 21.0 Å². The first-order valence-electron chi connectivity index (χ1n) is 10.6. The van der Waals surface area contributed by atoms with Crippen LogP contribution in [0.25, 0.3) is 0 Å². The van der Waals surface area contributed by atoms with Crippen LogP contribution in [0.15, 0.2) is 47.7 Å². The molecule has 15 heteroatoms. The van der Waals surface area contributed by atoms with Crippen LogP contribution in [0.1, 0.15) is 33.6 Å². The van der Waals surface area contributed by atoms with Crippen LogP contribution < -0.4 is 27.6 Å². The molecule has 1 aliphatic rings. The van der Waals surface area contributed by atoms with Crippen molar-refractivity contribution in [3.8, 4) is 0 Å². The zero-order valence-electron chi connectivity index (χ0n) is 19.6. The molecule has 0 aromatic rings. The van der Waals surface area contributed by atoms with E-state index >= 15 is 0 Å². The lowest BCUT2D eigenvalue weighted by Gasteiger charge is -2.28. The molecule has 0 aliphatic carbocycles. The van der Waals surface area contributed by atoms with Gasteiger partial charge in [0.2, 0.25) is 5.91 Å². The van der Waals surface area contributed by atoms with Gasteiger partial charge in [0.25, 0.3) is 0 Å². The molecule has 0 bridgehead atoms. The molecular formula is C21H28F6N6O3. The fourth-order valence-corrected chi connectivity index (χ4v) is 3.69. The van der Waals surface area contributed by atoms with Gasteiger partial charge < -0.3 is 26.7 Å². The predicted octanol–water partition coefficient (Wildman–Crippen LogP) is 1.97. The molecule has 1 aliphatic heterocycles. The summed E-state index contributed by atoms with van der Waals surface area (Å²) in [7, 11) is 0. The number of nitrogens with one attached hydrogen (secondary N) is 3. The van der Waals surface area contributed by atoms with Gasteiger partial charge in [0.1, 0.15) is 6.33 Å². The highest BCUT2D eigenvalue weighted by atomic mass is 19.4. The van der Waals surface area contributed by atoms with Gasteiger partial charge in [-0.3, -0.25) is 20.2 Å². The Hall–Kier alpha value is -3.49. The zero-order chi connectivity index (χ0) is 27.8. The standard InChI is InChI=1S/C21H28F6N6O3/c1-4-12(6-14(23)15(24)8-22)31-18(34)13-5-10(2)33(11(13)3)20(36)19(35)32-17(7-21(25,26)27)16(28)9-30-29/h4,6,8-11,13,17,30H,5,7,28-29H2,1-3H3,(H,31,34)(H,32,35)/b12-4+,14-6+,15-8-,16-9-/t10-,11?,13?,17?/m0/s1. The molecule has 0 aromatic carbocycles. The van der Waals surface area contributed by atoms with Crippen molar-refractivity contribution in [2.75, 3.05) is 0 Å². The Balaban J connectivity index is 3.01. The Bertz CT molecular complexity index is 962. The molecular weight excluding hydrogens is 498 g/mol. The van der Waals surface area contributed by atoms with Gasteiger partial charge in [0.05, 0.1) is 18.4 Å². The monoisotopic (exact) mass is 526 g/mol. The summed E-state index contributed by atoms with van der Waals surface area (Å²) in [6.45, 7) is 4.36. The minimum Gasteiger partial charge on any atom is -0.399 e. The molecule has 1 saturated heterocycles. The van der Waals surface area contributed by atoms with Crippen LogP contribution >= 0.6 is 0 Å². The van der Waals surface area contributed by atoms with E-state index in [0.717, 1.165) is 11.1 Å². The van der Waals surface area contributed by atoms with Crippen molar-refractivity contribution < 1.29 is 40.7 Å². The Morgan fingerprint density at radius 2 is 1.78 bits per heavy atom. The molecule has 36 heavy (non-hydrogen) atoms. The van der Waals surface area contributed by atoms with Crippen molar-refractivity contribution in [3.63, 3.8) is 0 Å². The van der Waals surface area contributed by atoms with E-state index in [1.165, 1.54) is 26.8 Å². The number of hydrazine groups is 1. The second-order valence-electron chi connectivity index (χ2n) is 7.98. The summed E-state index contributed by atoms with van der Waals surface area (Å²) < 4.78 is 77.4. The maximum absolute atomic E-state index is 13.6. The van der Waals surface area contributed by atoms with E-state index < -0.39 is 78.0 Å². The van der Waals surface area contributed by atoms with E-state index in [2.05, 4.69) is 5.32 Å². The highest BCUT2D eigenvalue weighted by molar-refractivity contribution is 6.35. The van der Waals surface area contributed by atoms with Crippen molar-refractivity contribution >= 4 is 17.7 Å². The Morgan fingerprint density at radius 1 is 1.17 bits per heavy atom. The highest BCUT2D eigenvalue weighted by Crippen LogP contribution is 2.31. The third kappa shape index (κ3) is 8.32. The van der Waals surface area contributed by atoms with E-state index in [-0.39, 0.29) is 12.1 Å². The summed E-state index contributed by atoms with van der Waals surface area (Å²) >= 11 is 0. The molecule has 7 N–H and O–H groups in total. The quantitative estimate of drug-likeness (QED) is 0.108. The Labute approximate surface area is 203 Å². The summed E-state index contributed by atoms with van der Waals surface area (Å²) in [5.41, 5.74) is 6.79. The average Bonchev–Trinajstić information content (AvgIpc) is 3.09. The van der Waals surface area contributed by atoms with Crippen LogP contribution in [0, 0.1) is 5.92 Å². The van der Waals surface area contributed by atoms with Crippen molar-refractivity contribution in [1.29, 1.82) is 0 Å². The molecule has 9 nitrogen and oxygen atoms in total. The van der Waals surface area contributed by atoms with E-state index in [4.69, 9.17) is 11.6 Å². The largest absolute Gasteiger partial charge is 0.399 e. The average molecular weight is 526 g/mol. The fourth-order valence-electron chi connectivity index (χ4n) is 3.69. The predicted molar refractivity (Wildman–Crippen MR) is 117 cm³/mol. The van der Waals surface area contributed by atoms with Crippen LogP contribution in [0.5, 0.6) is 0 Å². The number of carbonyl (C=O) groups is 3. The van der Waals surface area contributed by atoms with Gasteiger partial charge >= 0.3 is 18.0 Å². The SMILES string of the molecule is C\C=C(/C=C(F)\C(F)=C\F)NC(=O)C1C[C@H](C)N(C(=O)C(=O)NC(CC(F)(F)F)/C(N)=C/NN)C1C. The van der Waals surface area contributed by atoms with E-state index in [0.29, 0.717) is 6.08 Å². The van der Waals surface area contributed by atoms with Crippen molar-refractivity contribution in [2.24, 2.45) is 17.5 Å². The number of nitrogens with two attached hydrogens (primary N) is 2. The molecule has 1 fully saturated rings. The number of alkyl halides is 3. The summed E-state index contributed by atoms with van der Waals surface area (Å²) in [4.78, 5) is 39.1. The lowest BCUT2D eigenvalue weighted by Crippen LogP contribution is -2.52. The first-order valence-corrected chi connectivity index (χ1v) is 10.6. The second-order valence-corrected chi connectivity index (χ2v) is 7.98. The van der Waals surface area contributed by atoms with Crippen LogP contribution in [-0.4, -0.2) is 46.9 Å². The van der Waals surface area contributed by atoms with E-state index in [1.807, 2.05) is 10.7 Å². The summed E-state index contributed by atoms with van der Waals surface area (Å²) in [5, 5.41) is 4.26. The van der Waals surface area contributed by atoms with E-state index in [1.54, 1.807) is 0 Å². The zero-order valence-corrected chi connectivity index (χ0v) is 19.6. The molecule has 1 rings (SSSR count). The van der Waals surface area contributed by atoms with Crippen molar-refractivity contribution in [2.45, 2.75) is 57.9 Å². The number of allylic oxidation sites excluding steroid dienone is 4. The first-order chi connectivity index (χ1) is 16.7. The lowest BCUT2D eigenvalue weighted by molar-refractivity contribution is -0.151. The summed E-state index contributed by atoms with van der Waals surface area (Å²) in [5.74, 6) is -2.54. The lowest BCUT2D eigenvalue weighted by atomic mass is 9.99. The molecule has 0 aromatic heterocycles. The number of likely N-dealkylation sites (tertiary alicyclic amines) is 1. The number of rotatable bonds is 8. The van der Waals surface area contributed by atoms with Crippen LogP contribution in [0.2, 0.25) is 0 Å². The second kappa shape index (κ2) is 13.0. The third-order valence-electron chi connectivity index (χ3n) is 5.43. The van der Waals surface area contributed by atoms with Gasteiger partial charge in [-0.2, -0.15) is 13.2 Å². The number of hydrogen-bond donors (Lipinski definition) is 5. The van der Waals surface area contributed by atoms with Gasteiger partial charge in [-0.05, 0) is 27.2 Å². The molecule has 3 amide bonds. The minimum absolute atomic E-state index is 0.0546. The summed E-state index contributed by atoms with van der Waals surface area (Å²) in [6.07, 6.45) is -4.24. The van der Waals surface area contributed by atoms with Gasteiger partial charge in [0.15, 0.2) is 11.7 Å². The third-order valence-corrected chi connectivity index (χ3v) is 5.43. The first kappa shape index (κ1) is 30.5. The van der Waals surface area contributed by atoms with Crippen LogP contribution in [0.4, 0.5) is 26.3 Å². The fraction of sp³-hybridized carbons (Fsp3) is 0.476. The Kier molecular flexibility index (Phi) is 11.0. The molecule has 4 atom stereocenters. The molecule has 1 heterocycles. The number of carbonyl (C=O) groups excluding carboxylic acids is 3. The minimum atomic E-state index is -4.73. The van der Waals surface area contributed by atoms with Crippen LogP contribution in [0.3, 0.4) is 0 Å².